The van der Waals surface area contributed by atoms with Crippen LogP contribution in [0, 0.1) is 12.7 Å². The van der Waals surface area contributed by atoms with Crippen molar-refractivity contribution in [1.82, 2.24) is 0 Å². The second kappa shape index (κ2) is 4.11. The molecule has 88 valence electrons. The number of methoxy groups -OCH3 is 1. The number of rotatable bonds is 1. The molecule has 1 rings (SSSR count). The van der Waals surface area contributed by atoms with E-state index in [0.717, 1.165) is 20.1 Å². The lowest BCUT2D eigenvalue weighted by Gasteiger charge is -2.13. The molecule has 16 heavy (non-hydrogen) atoms. The van der Waals surface area contributed by atoms with Gasteiger partial charge in [0, 0.05) is 0 Å². The predicted molar refractivity (Wildman–Crippen MR) is 47.5 cm³/mol. The predicted octanol–water partition coefficient (Wildman–Crippen LogP) is 2.94. The summed E-state index contributed by atoms with van der Waals surface area (Å²) < 4.78 is 54.6. The van der Waals surface area contributed by atoms with Gasteiger partial charge in [-0.3, -0.25) is 0 Å². The average molecular weight is 236 g/mol. The van der Waals surface area contributed by atoms with Crippen LogP contribution in [0.2, 0.25) is 0 Å². The van der Waals surface area contributed by atoms with Crippen LogP contribution in [0.5, 0.6) is 0 Å². The van der Waals surface area contributed by atoms with E-state index in [9.17, 15) is 22.4 Å². The minimum Gasteiger partial charge on any atom is -0.465 e. The molecule has 0 aromatic heterocycles. The summed E-state index contributed by atoms with van der Waals surface area (Å²) in [7, 11) is 1.01. The summed E-state index contributed by atoms with van der Waals surface area (Å²) in [5.74, 6) is -2.12. The number of alkyl halides is 3. The van der Waals surface area contributed by atoms with Crippen molar-refractivity contribution in [3.05, 3.63) is 34.6 Å². The van der Waals surface area contributed by atoms with Crippen LogP contribution in [0.15, 0.2) is 12.1 Å². The molecular formula is C10H8F4O2. The Morgan fingerprint density at radius 3 is 2.31 bits per heavy atom. The smallest absolute Gasteiger partial charge is 0.416 e. The van der Waals surface area contributed by atoms with Crippen LogP contribution in [0.1, 0.15) is 21.5 Å². The zero-order valence-electron chi connectivity index (χ0n) is 8.48. The summed E-state index contributed by atoms with van der Waals surface area (Å²) in [6, 6.07) is 1.07. The van der Waals surface area contributed by atoms with Crippen molar-refractivity contribution < 1.29 is 27.1 Å². The molecule has 0 saturated carbocycles. The molecule has 0 spiro atoms. The molecule has 0 heterocycles. The Hall–Kier alpha value is -1.59. The number of carbonyl (C=O) groups excluding carboxylic acids is 1. The van der Waals surface area contributed by atoms with Crippen LogP contribution in [0.3, 0.4) is 0 Å². The fourth-order valence-corrected chi connectivity index (χ4v) is 1.30. The summed E-state index contributed by atoms with van der Waals surface area (Å²) in [5.41, 5.74) is -1.94. The normalized spacial score (nSPS) is 11.4. The zero-order valence-corrected chi connectivity index (χ0v) is 8.48. The number of benzene rings is 1. The van der Waals surface area contributed by atoms with E-state index in [1.807, 2.05) is 0 Å². The van der Waals surface area contributed by atoms with Gasteiger partial charge in [-0.15, -0.1) is 0 Å². The summed E-state index contributed by atoms with van der Waals surface area (Å²) in [6.45, 7) is 1.09. The van der Waals surface area contributed by atoms with E-state index in [2.05, 4.69) is 4.74 Å². The Labute approximate surface area is 88.8 Å². The van der Waals surface area contributed by atoms with E-state index in [1.54, 1.807) is 0 Å². The summed E-state index contributed by atoms with van der Waals surface area (Å²) in [6.07, 6.45) is -4.70. The van der Waals surface area contributed by atoms with Gasteiger partial charge >= 0.3 is 12.1 Å². The lowest BCUT2D eigenvalue weighted by molar-refractivity contribution is -0.138. The van der Waals surface area contributed by atoms with Crippen molar-refractivity contribution in [2.24, 2.45) is 0 Å². The van der Waals surface area contributed by atoms with Crippen molar-refractivity contribution in [3.8, 4) is 0 Å². The molecule has 2 nitrogen and oxygen atoms in total. The second-order valence-electron chi connectivity index (χ2n) is 3.12. The molecule has 0 atom stereocenters. The van der Waals surface area contributed by atoms with Gasteiger partial charge in [0.15, 0.2) is 0 Å². The Morgan fingerprint density at radius 1 is 1.31 bits per heavy atom. The van der Waals surface area contributed by atoms with Crippen LogP contribution in [0.25, 0.3) is 0 Å². The monoisotopic (exact) mass is 236 g/mol. The molecule has 0 aliphatic rings. The molecular weight excluding hydrogens is 228 g/mol. The van der Waals surface area contributed by atoms with Gasteiger partial charge in [0.25, 0.3) is 0 Å². The average Bonchev–Trinajstić information content (AvgIpc) is 2.18. The third-order valence-corrected chi connectivity index (χ3v) is 2.08. The molecule has 0 radical (unpaired) electrons. The maximum atomic E-state index is 12.9. The van der Waals surface area contributed by atoms with Gasteiger partial charge in [-0.05, 0) is 24.6 Å². The largest absolute Gasteiger partial charge is 0.465 e. The minimum atomic E-state index is -4.70. The number of hydrogen-bond donors (Lipinski definition) is 0. The molecule has 0 saturated heterocycles. The Balaban J connectivity index is 3.44. The number of carbonyl (C=O) groups is 1. The van der Waals surface area contributed by atoms with Gasteiger partial charge in [-0.1, -0.05) is 0 Å². The van der Waals surface area contributed by atoms with Crippen LogP contribution in [-0.4, -0.2) is 13.1 Å². The van der Waals surface area contributed by atoms with E-state index in [1.165, 1.54) is 0 Å². The lowest BCUT2D eigenvalue weighted by Crippen LogP contribution is -2.13. The highest BCUT2D eigenvalue weighted by molar-refractivity contribution is 5.91. The number of hydrogen-bond acceptors (Lipinski definition) is 2. The zero-order chi connectivity index (χ0) is 12.5. The molecule has 0 aliphatic carbocycles. The quantitative estimate of drug-likeness (QED) is 0.553. The van der Waals surface area contributed by atoms with E-state index in [0.29, 0.717) is 6.07 Å². The molecule has 0 unspecified atom stereocenters. The van der Waals surface area contributed by atoms with Crippen molar-refractivity contribution >= 4 is 5.97 Å². The van der Waals surface area contributed by atoms with Crippen molar-refractivity contribution in [3.63, 3.8) is 0 Å². The molecule has 0 aliphatic heterocycles. The van der Waals surface area contributed by atoms with Gasteiger partial charge in [0.2, 0.25) is 0 Å². The maximum absolute atomic E-state index is 12.9. The molecule has 0 bridgehead atoms. The van der Waals surface area contributed by atoms with Crippen LogP contribution < -0.4 is 0 Å². The van der Waals surface area contributed by atoms with E-state index >= 15 is 0 Å². The highest BCUT2D eigenvalue weighted by Crippen LogP contribution is 2.33. The maximum Gasteiger partial charge on any atom is 0.416 e. The van der Waals surface area contributed by atoms with Gasteiger partial charge in [0.05, 0.1) is 18.2 Å². The SMILES string of the molecule is COC(=O)c1cc(F)cc(C(F)(F)F)c1C. The van der Waals surface area contributed by atoms with Gasteiger partial charge < -0.3 is 4.74 Å². The topological polar surface area (TPSA) is 26.3 Å². The number of ether oxygens (including phenoxy) is 1. The van der Waals surface area contributed by atoms with Gasteiger partial charge in [-0.2, -0.15) is 13.2 Å². The lowest BCUT2D eigenvalue weighted by atomic mass is 10.0. The number of halogens is 4. The van der Waals surface area contributed by atoms with Crippen LogP contribution >= 0.6 is 0 Å². The number of esters is 1. The first kappa shape index (κ1) is 12.5. The Morgan fingerprint density at radius 2 is 1.88 bits per heavy atom. The summed E-state index contributed by atoms with van der Waals surface area (Å²) in [5, 5.41) is 0. The van der Waals surface area contributed by atoms with E-state index < -0.39 is 29.1 Å². The summed E-state index contributed by atoms with van der Waals surface area (Å²) in [4.78, 5) is 11.1. The first-order valence-corrected chi connectivity index (χ1v) is 4.23. The van der Waals surface area contributed by atoms with Crippen molar-refractivity contribution in [2.75, 3.05) is 7.11 Å². The Kier molecular flexibility index (Phi) is 3.21. The third kappa shape index (κ3) is 2.32. The van der Waals surface area contributed by atoms with Crippen LogP contribution in [-0.2, 0) is 10.9 Å². The minimum absolute atomic E-state index is 0.347. The second-order valence-corrected chi connectivity index (χ2v) is 3.12. The first-order valence-electron chi connectivity index (χ1n) is 4.23. The molecule has 1 aromatic rings. The van der Waals surface area contributed by atoms with Gasteiger partial charge in [-0.25, -0.2) is 9.18 Å². The molecule has 6 heteroatoms. The highest BCUT2D eigenvalue weighted by atomic mass is 19.4. The summed E-state index contributed by atoms with van der Waals surface area (Å²) >= 11 is 0. The van der Waals surface area contributed by atoms with Crippen molar-refractivity contribution in [2.45, 2.75) is 13.1 Å². The van der Waals surface area contributed by atoms with Crippen molar-refractivity contribution in [1.29, 1.82) is 0 Å². The third-order valence-electron chi connectivity index (χ3n) is 2.08. The van der Waals surface area contributed by atoms with E-state index in [4.69, 9.17) is 0 Å². The van der Waals surface area contributed by atoms with E-state index in [-0.39, 0.29) is 5.56 Å². The van der Waals surface area contributed by atoms with Gasteiger partial charge in [0.1, 0.15) is 5.82 Å². The fourth-order valence-electron chi connectivity index (χ4n) is 1.30. The van der Waals surface area contributed by atoms with Crippen LogP contribution in [0.4, 0.5) is 17.6 Å². The Bertz CT molecular complexity index is 424. The standard InChI is InChI=1S/C10H8F4O2/c1-5-7(9(15)16-2)3-6(11)4-8(5)10(12,13)14/h3-4H,1-2H3. The molecule has 1 aromatic carbocycles. The molecule has 0 fully saturated rings. The fraction of sp³-hybridized carbons (Fsp3) is 0.300. The molecule has 0 N–H and O–H groups in total. The first-order chi connectivity index (χ1) is 7.27. The molecule has 0 amide bonds. The highest BCUT2D eigenvalue weighted by Gasteiger charge is 2.34.